The first-order valence-electron chi connectivity index (χ1n) is 8.63. The van der Waals surface area contributed by atoms with E-state index in [2.05, 4.69) is 10.6 Å². The van der Waals surface area contributed by atoms with Gasteiger partial charge in [0.05, 0.1) is 24.7 Å². The number of amides is 1. The lowest BCUT2D eigenvalue weighted by Gasteiger charge is -2.26. The van der Waals surface area contributed by atoms with Crippen molar-refractivity contribution in [1.29, 1.82) is 0 Å². The average Bonchev–Trinajstić information content (AvgIpc) is 2.65. The molecule has 0 atom stereocenters. The van der Waals surface area contributed by atoms with Crippen molar-refractivity contribution < 1.29 is 22.7 Å². The zero-order valence-corrected chi connectivity index (χ0v) is 17.3. The summed E-state index contributed by atoms with van der Waals surface area (Å²) in [4.78, 5) is 12.5. The maximum Gasteiger partial charge on any atom is 0.251 e. The molecule has 0 spiro atoms. The highest BCUT2D eigenvalue weighted by Gasteiger charge is 2.28. The van der Waals surface area contributed by atoms with Gasteiger partial charge >= 0.3 is 0 Å². The van der Waals surface area contributed by atoms with Crippen LogP contribution in [0, 0.1) is 6.92 Å². The number of carbonyl (C=O) groups is 1. The fourth-order valence-electron chi connectivity index (χ4n) is 2.61. The van der Waals surface area contributed by atoms with Gasteiger partial charge in [-0.1, -0.05) is 6.07 Å². The van der Waals surface area contributed by atoms with E-state index >= 15 is 0 Å². The topological polar surface area (TPSA) is 97.0 Å². The van der Waals surface area contributed by atoms with E-state index in [0.29, 0.717) is 63.7 Å². The highest BCUT2D eigenvalue weighted by Crippen LogP contribution is 2.22. The fourth-order valence-corrected chi connectivity index (χ4v) is 4.27. The Labute approximate surface area is 167 Å². The lowest BCUT2D eigenvalue weighted by atomic mass is 10.1. The molecule has 0 saturated carbocycles. The molecule has 1 heterocycles. The summed E-state index contributed by atoms with van der Waals surface area (Å²) in [6.45, 7) is 5.52. The summed E-state index contributed by atoms with van der Waals surface area (Å²) in [5.74, 6) is -0.294. The molecule has 2 rings (SSSR count). The Morgan fingerprint density at radius 1 is 1.22 bits per heavy atom. The first-order chi connectivity index (χ1) is 12.5. The largest absolute Gasteiger partial charge is 0.383 e. The van der Waals surface area contributed by atoms with Crippen molar-refractivity contribution in [3.05, 3.63) is 29.3 Å². The average molecular weight is 422 g/mol. The molecule has 10 heteroatoms. The van der Waals surface area contributed by atoms with Crippen LogP contribution in [-0.2, 0) is 19.5 Å². The van der Waals surface area contributed by atoms with Crippen LogP contribution < -0.4 is 10.6 Å². The minimum atomic E-state index is -3.64. The van der Waals surface area contributed by atoms with Crippen molar-refractivity contribution in [2.45, 2.75) is 11.8 Å². The van der Waals surface area contributed by atoms with Crippen molar-refractivity contribution in [3.8, 4) is 0 Å². The highest BCUT2D eigenvalue weighted by molar-refractivity contribution is 7.89. The smallest absolute Gasteiger partial charge is 0.251 e. The second kappa shape index (κ2) is 11.6. The fraction of sp³-hybridized carbons (Fsp3) is 0.588. The third-order valence-electron chi connectivity index (χ3n) is 4.11. The van der Waals surface area contributed by atoms with E-state index in [4.69, 9.17) is 9.47 Å². The van der Waals surface area contributed by atoms with Crippen LogP contribution >= 0.6 is 12.4 Å². The lowest BCUT2D eigenvalue weighted by Crippen LogP contribution is -2.41. The summed E-state index contributed by atoms with van der Waals surface area (Å²) in [6, 6.07) is 4.76. The van der Waals surface area contributed by atoms with Crippen molar-refractivity contribution in [2.24, 2.45) is 0 Å². The molecule has 0 bridgehead atoms. The van der Waals surface area contributed by atoms with Crippen LogP contribution in [0.25, 0.3) is 0 Å². The molecular formula is C17H28ClN3O5S. The number of rotatable bonds is 9. The van der Waals surface area contributed by atoms with Crippen LogP contribution in [0.4, 0.5) is 0 Å². The number of carbonyl (C=O) groups excluding carboxylic acids is 1. The number of sulfonamides is 1. The molecule has 1 saturated heterocycles. The van der Waals surface area contributed by atoms with Crippen molar-refractivity contribution in [2.75, 3.05) is 59.7 Å². The minimum Gasteiger partial charge on any atom is -0.383 e. The van der Waals surface area contributed by atoms with Crippen LogP contribution in [0.3, 0.4) is 0 Å². The first-order valence-corrected chi connectivity index (χ1v) is 10.1. The van der Waals surface area contributed by atoms with Gasteiger partial charge < -0.3 is 20.1 Å². The summed E-state index contributed by atoms with van der Waals surface area (Å²) in [7, 11) is -2.01. The molecule has 2 N–H and O–H groups in total. The van der Waals surface area contributed by atoms with Crippen molar-refractivity contribution >= 4 is 28.3 Å². The van der Waals surface area contributed by atoms with Crippen molar-refractivity contribution in [1.82, 2.24) is 14.9 Å². The number of morpholine rings is 1. The van der Waals surface area contributed by atoms with Gasteiger partial charge in [-0.3, -0.25) is 4.79 Å². The highest BCUT2D eigenvalue weighted by atomic mass is 35.5. The third kappa shape index (κ3) is 6.70. The number of halogens is 1. The standard InChI is InChI=1S/C17H27N3O5S.ClH/c1-14-3-4-15(17(21)19-6-5-18-7-10-24-2)13-16(14)26(22,23)20-8-11-25-12-9-20;/h3-4,13,18H,5-12H2,1-2H3,(H,19,21);1H. The number of hydrogen-bond donors (Lipinski definition) is 2. The Balaban J connectivity index is 0.00000364. The minimum absolute atomic E-state index is 0. The second-order valence-electron chi connectivity index (χ2n) is 6.00. The molecule has 1 aromatic carbocycles. The Kier molecular flexibility index (Phi) is 10.2. The predicted octanol–water partition coefficient (Wildman–Crippen LogP) is 0.404. The number of nitrogens with one attached hydrogen (secondary N) is 2. The molecule has 0 unspecified atom stereocenters. The summed E-state index contributed by atoms with van der Waals surface area (Å²) >= 11 is 0. The van der Waals surface area contributed by atoms with Gasteiger partial charge in [0.25, 0.3) is 5.91 Å². The number of nitrogens with zero attached hydrogens (tertiary/aromatic N) is 1. The van der Waals surface area contributed by atoms with Crippen LogP contribution in [0.2, 0.25) is 0 Å². The monoisotopic (exact) mass is 421 g/mol. The van der Waals surface area contributed by atoms with Crippen LogP contribution in [-0.4, -0.2) is 78.3 Å². The summed E-state index contributed by atoms with van der Waals surface area (Å²) in [5, 5.41) is 5.91. The number of hydrogen-bond acceptors (Lipinski definition) is 6. The Bertz CT molecular complexity index is 709. The van der Waals surface area contributed by atoms with E-state index in [0.717, 1.165) is 0 Å². The Morgan fingerprint density at radius 3 is 2.59 bits per heavy atom. The van der Waals surface area contributed by atoms with Gasteiger partial charge in [0.2, 0.25) is 10.0 Å². The summed E-state index contributed by atoms with van der Waals surface area (Å²) in [5.41, 5.74) is 0.952. The molecule has 27 heavy (non-hydrogen) atoms. The van der Waals surface area contributed by atoms with E-state index in [1.54, 1.807) is 26.2 Å². The van der Waals surface area contributed by atoms with Crippen LogP contribution in [0.1, 0.15) is 15.9 Å². The number of ether oxygens (including phenoxy) is 2. The van der Waals surface area contributed by atoms with Crippen molar-refractivity contribution in [3.63, 3.8) is 0 Å². The van der Waals surface area contributed by atoms with Crippen LogP contribution in [0.5, 0.6) is 0 Å². The summed E-state index contributed by atoms with van der Waals surface area (Å²) < 4.78 is 37.3. The molecule has 1 aliphatic heterocycles. The molecule has 0 aliphatic carbocycles. The zero-order valence-electron chi connectivity index (χ0n) is 15.7. The van der Waals surface area contributed by atoms with E-state index in [9.17, 15) is 13.2 Å². The molecule has 1 fully saturated rings. The number of benzene rings is 1. The maximum atomic E-state index is 12.9. The van der Waals surface area contributed by atoms with E-state index < -0.39 is 10.0 Å². The van der Waals surface area contributed by atoms with Gasteiger partial charge in [0.15, 0.2) is 0 Å². The normalized spacial score (nSPS) is 15.2. The van der Waals surface area contributed by atoms with E-state index in [-0.39, 0.29) is 23.2 Å². The van der Waals surface area contributed by atoms with Gasteiger partial charge in [0, 0.05) is 45.4 Å². The van der Waals surface area contributed by atoms with E-state index in [1.807, 2.05) is 0 Å². The molecule has 0 radical (unpaired) electrons. The molecule has 0 aromatic heterocycles. The molecule has 1 aromatic rings. The van der Waals surface area contributed by atoms with Gasteiger partial charge in [-0.25, -0.2) is 8.42 Å². The SMILES string of the molecule is COCCNCCNC(=O)c1ccc(C)c(S(=O)(=O)N2CCOCC2)c1.Cl. The molecule has 154 valence electrons. The summed E-state index contributed by atoms with van der Waals surface area (Å²) in [6.07, 6.45) is 0. The van der Waals surface area contributed by atoms with Gasteiger partial charge in [-0.15, -0.1) is 12.4 Å². The van der Waals surface area contributed by atoms with Gasteiger partial charge in [-0.05, 0) is 24.6 Å². The van der Waals surface area contributed by atoms with Gasteiger partial charge in [-0.2, -0.15) is 4.31 Å². The molecule has 8 nitrogen and oxygen atoms in total. The molecule has 1 aliphatic rings. The Hall–Kier alpha value is -1.23. The quantitative estimate of drug-likeness (QED) is 0.560. The number of methoxy groups -OCH3 is 1. The molecule has 1 amide bonds. The molecular weight excluding hydrogens is 394 g/mol. The third-order valence-corrected chi connectivity index (χ3v) is 6.15. The lowest BCUT2D eigenvalue weighted by molar-refractivity contribution is 0.0730. The van der Waals surface area contributed by atoms with Crippen LogP contribution in [0.15, 0.2) is 23.1 Å². The first kappa shape index (κ1) is 23.8. The van der Waals surface area contributed by atoms with Gasteiger partial charge in [0.1, 0.15) is 0 Å². The number of aryl methyl sites for hydroxylation is 1. The zero-order chi connectivity index (χ0) is 19.0. The second-order valence-corrected chi connectivity index (χ2v) is 7.90. The predicted molar refractivity (Wildman–Crippen MR) is 105 cm³/mol. The maximum absolute atomic E-state index is 12.9. The Morgan fingerprint density at radius 2 is 1.93 bits per heavy atom. The van der Waals surface area contributed by atoms with E-state index in [1.165, 1.54) is 10.4 Å².